The summed E-state index contributed by atoms with van der Waals surface area (Å²) in [6, 6.07) is 21.1. The summed E-state index contributed by atoms with van der Waals surface area (Å²) in [5.74, 6) is -0.289. The van der Waals surface area contributed by atoms with Gasteiger partial charge in [0, 0.05) is 16.7 Å². The number of hydrogen-bond donors (Lipinski definition) is 1. The molecule has 0 radical (unpaired) electrons. The Labute approximate surface area is 167 Å². The average Bonchev–Trinajstić information content (AvgIpc) is 3.25. The van der Waals surface area contributed by atoms with E-state index in [9.17, 15) is 14.7 Å². The SMILES string of the molecule is Cc1ccc(-c2c(C(=O)c3ccccc3O)oc3c2C(=O)c2ccccc2-3)cc1. The van der Waals surface area contributed by atoms with Gasteiger partial charge >= 0.3 is 0 Å². The zero-order valence-electron chi connectivity index (χ0n) is 15.6. The number of fused-ring (bicyclic) bond motifs is 3. The Hall–Kier alpha value is -3.92. The number of hydrogen-bond acceptors (Lipinski definition) is 4. The topological polar surface area (TPSA) is 67.5 Å². The first-order valence-corrected chi connectivity index (χ1v) is 9.27. The molecule has 1 aliphatic rings. The van der Waals surface area contributed by atoms with Crippen molar-refractivity contribution in [3.05, 3.63) is 101 Å². The second kappa shape index (κ2) is 6.31. The maximum Gasteiger partial charge on any atom is 0.232 e. The van der Waals surface area contributed by atoms with Crippen molar-refractivity contribution >= 4 is 11.6 Å². The van der Waals surface area contributed by atoms with Crippen LogP contribution in [0.5, 0.6) is 5.75 Å². The average molecular weight is 380 g/mol. The van der Waals surface area contributed by atoms with Gasteiger partial charge in [-0.1, -0.05) is 66.2 Å². The standard InChI is InChI=1S/C25H16O4/c1-14-10-12-15(13-11-14)20-21-22(27)16-6-2-3-7-17(16)24(21)29-25(20)23(28)18-8-4-5-9-19(18)26/h2-13,26H,1H3. The Bertz CT molecular complexity index is 1290. The lowest BCUT2D eigenvalue weighted by molar-refractivity contribution is 0.101. The van der Waals surface area contributed by atoms with Crippen LogP contribution in [0.1, 0.15) is 37.6 Å². The lowest BCUT2D eigenvalue weighted by Crippen LogP contribution is -2.05. The van der Waals surface area contributed by atoms with E-state index in [4.69, 9.17) is 4.42 Å². The molecule has 0 saturated carbocycles. The van der Waals surface area contributed by atoms with Crippen molar-refractivity contribution < 1.29 is 19.1 Å². The van der Waals surface area contributed by atoms with E-state index >= 15 is 0 Å². The zero-order valence-corrected chi connectivity index (χ0v) is 15.6. The van der Waals surface area contributed by atoms with E-state index in [-0.39, 0.29) is 22.9 Å². The predicted molar refractivity (Wildman–Crippen MR) is 109 cm³/mol. The second-order valence-corrected chi connectivity index (χ2v) is 7.10. The summed E-state index contributed by atoms with van der Waals surface area (Å²) in [4.78, 5) is 26.5. The molecule has 1 aliphatic carbocycles. The van der Waals surface area contributed by atoms with E-state index in [2.05, 4.69) is 0 Å². The minimum Gasteiger partial charge on any atom is -0.507 e. The van der Waals surface area contributed by atoms with Gasteiger partial charge in [0.25, 0.3) is 0 Å². The first kappa shape index (κ1) is 17.2. The molecule has 4 heteroatoms. The highest BCUT2D eigenvalue weighted by Gasteiger charge is 2.38. The fraction of sp³-hybridized carbons (Fsp3) is 0.0400. The summed E-state index contributed by atoms with van der Waals surface area (Å²) in [6.07, 6.45) is 0. The van der Waals surface area contributed by atoms with Gasteiger partial charge < -0.3 is 9.52 Å². The minimum absolute atomic E-state index is 0.0585. The fourth-order valence-corrected chi connectivity index (χ4v) is 3.79. The Morgan fingerprint density at radius 1 is 0.828 bits per heavy atom. The number of carbonyl (C=O) groups excluding carboxylic acids is 2. The van der Waals surface area contributed by atoms with Gasteiger partial charge in [0.05, 0.1) is 11.1 Å². The highest BCUT2D eigenvalue weighted by Crippen LogP contribution is 2.46. The molecular weight excluding hydrogens is 364 g/mol. The monoisotopic (exact) mass is 380 g/mol. The molecule has 1 N–H and O–H groups in total. The highest BCUT2D eigenvalue weighted by molar-refractivity contribution is 6.26. The van der Waals surface area contributed by atoms with Crippen molar-refractivity contribution in [1.29, 1.82) is 0 Å². The zero-order chi connectivity index (χ0) is 20.1. The van der Waals surface area contributed by atoms with E-state index in [1.54, 1.807) is 24.3 Å². The molecule has 5 rings (SSSR count). The van der Waals surface area contributed by atoms with Crippen LogP contribution in [-0.2, 0) is 0 Å². The number of phenols is 1. The third-order valence-corrected chi connectivity index (χ3v) is 5.25. The number of furan rings is 1. The lowest BCUT2D eigenvalue weighted by atomic mass is 9.94. The minimum atomic E-state index is -0.460. The number of ketones is 2. The van der Waals surface area contributed by atoms with E-state index in [0.29, 0.717) is 28.0 Å². The van der Waals surface area contributed by atoms with Crippen molar-refractivity contribution in [3.63, 3.8) is 0 Å². The van der Waals surface area contributed by atoms with E-state index in [0.717, 1.165) is 11.1 Å². The summed E-state index contributed by atoms with van der Waals surface area (Å²) in [5, 5.41) is 10.2. The molecule has 4 aromatic rings. The third-order valence-electron chi connectivity index (χ3n) is 5.25. The molecule has 0 saturated heterocycles. The molecular formula is C25H16O4. The molecule has 0 bridgehead atoms. The van der Waals surface area contributed by atoms with Crippen LogP contribution in [0.15, 0.2) is 77.2 Å². The van der Waals surface area contributed by atoms with Crippen LogP contribution < -0.4 is 0 Å². The van der Waals surface area contributed by atoms with Crippen LogP contribution in [0.25, 0.3) is 22.5 Å². The van der Waals surface area contributed by atoms with Crippen molar-refractivity contribution in [3.8, 4) is 28.2 Å². The van der Waals surface area contributed by atoms with Crippen LogP contribution in [0.3, 0.4) is 0 Å². The third kappa shape index (κ3) is 2.53. The maximum absolute atomic E-state index is 13.3. The number of phenolic OH excluding ortho intramolecular Hbond substituents is 1. The number of aromatic hydroxyl groups is 1. The molecule has 0 unspecified atom stereocenters. The smallest absolute Gasteiger partial charge is 0.232 e. The number of benzene rings is 3. The number of aryl methyl sites for hydroxylation is 1. The maximum atomic E-state index is 13.3. The van der Waals surface area contributed by atoms with Crippen LogP contribution in [0.2, 0.25) is 0 Å². The summed E-state index contributed by atoms with van der Waals surface area (Å²) >= 11 is 0. The van der Waals surface area contributed by atoms with Crippen LogP contribution >= 0.6 is 0 Å². The Balaban J connectivity index is 1.80. The van der Waals surface area contributed by atoms with Crippen LogP contribution in [0.4, 0.5) is 0 Å². The van der Waals surface area contributed by atoms with Crippen molar-refractivity contribution in [2.75, 3.05) is 0 Å². The van der Waals surface area contributed by atoms with E-state index in [1.807, 2.05) is 49.4 Å². The normalized spacial score (nSPS) is 12.0. The molecule has 0 atom stereocenters. The summed E-state index contributed by atoms with van der Waals surface area (Å²) < 4.78 is 6.03. The van der Waals surface area contributed by atoms with Gasteiger partial charge in [-0.25, -0.2) is 0 Å². The van der Waals surface area contributed by atoms with Gasteiger partial charge in [0.15, 0.2) is 11.5 Å². The van der Waals surface area contributed by atoms with Crippen LogP contribution in [-0.4, -0.2) is 16.7 Å². The van der Waals surface area contributed by atoms with Gasteiger partial charge in [0.2, 0.25) is 5.78 Å². The molecule has 1 heterocycles. The molecule has 140 valence electrons. The molecule has 0 spiro atoms. The van der Waals surface area contributed by atoms with Gasteiger partial charge in [-0.15, -0.1) is 0 Å². The quantitative estimate of drug-likeness (QED) is 0.425. The second-order valence-electron chi connectivity index (χ2n) is 7.10. The van der Waals surface area contributed by atoms with Gasteiger partial charge in [-0.05, 0) is 24.6 Å². The number of carbonyl (C=O) groups is 2. The molecule has 4 nitrogen and oxygen atoms in total. The fourth-order valence-electron chi connectivity index (χ4n) is 3.79. The largest absolute Gasteiger partial charge is 0.507 e. The number of rotatable bonds is 3. The Morgan fingerprint density at radius 3 is 2.21 bits per heavy atom. The molecule has 1 aromatic heterocycles. The predicted octanol–water partition coefficient (Wildman–Crippen LogP) is 5.40. The van der Waals surface area contributed by atoms with Gasteiger partial charge in [-0.3, -0.25) is 9.59 Å². The molecule has 0 aliphatic heterocycles. The Morgan fingerprint density at radius 2 is 1.48 bits per heavy atom. The van der Waals surface area contributed by atoms with Crippen molar-refractivity contribution in [1.82, 2.24) is 0 Å². The van der Waals surface area contributed by atoms with E-state index in [1.165, 1.54) is 6.07 Å². The first-order valence-electron chi connectivity index (χ1n) is 9.27. The summed E-state index contributed by atoms with van der Waals surface area (Å²) in [6.45, 7) is 1.97. The number of para-hydroxylation sites is 1. The summed E-state index contributed by atoms with van der Waals surface area (Å²) in [5.41, 5.74) is 4.03. The summed E-state index contributed by atoms with van der Waals surface area (Å²) in [7, 11) is 0. The van der Waals surface area contributed by atoms with Crippen molar-refractivity contribution in [2.45, 2.75) is 6.92 Å². The Kier molecular flexibility index (Phi) is 3.74. The van der Waals surface area contributed by atoms with Gasteiger partial charge in [0.1, 0.15) is 11.5 Å². The lowest BCUT2D eigenvalue weighted by Gasteiger charge is -2.07. The molecule has 0 amide bonds. The molecule has 29 heavy (non-hydrogen) atoms. The molecule has 0 fully saturated rings. The highest BCUT2D eigenvalue weighted by atomic mass is 16.4. The van der Waals surface area contributed by atoms with E-state index < -0.39 is 5.78 Å². The van der Waals surface area contributed by atoms with Gasteiger partial charge in [-0.2, -0.15) is 0 Å². The first-order chi connectivity index (χ1) is 14.1. The van der Waals surface area contributed by atoms with Crippen LogP contribution in [0, 0.1) is 6.92 Å². The molecule has 3 aromatic carbocycles. The van der Waals surface area contributed by atoms with Crippen molar-refractivity contribution in [2.24, 2.45) is 0 Å².